The van der Waals surface area contributed by atoms with Crippen LogP contribution in [0.4, 0.5) is 0 Å². The lowest BCUT2D eigenvalue weighted by Gasteiger charge is -2.00. The summed E-state index contributed by atoms with van der Waals surface area (Å²) in [4.78, 5) is 9.83. The van der Waals surface area contributed by atoms with Crippen LogP contribution in [0, 0.1) is 0 Å². The van der Waals surface area contributed by atoms with Gasteiger partial charge in [0.2, 0.25) is 0 Å². The Hall–Kier alpha value is -0.790. The first kappa shape index (κ1) is 10.2. The lowest BCUT2D eigenvalue weighted by molar-refractivity contribution is -0.123. The number of allylic oxidation sites excluding steroid dienone is 1. The number of ether oxygens (including phenoxy) is 1. The number of hydrogen-bond acceptors (Lipinski definition) is 2. The Kier molecular flexibility index (Phi) is 6.79. The summed E-state index contributed by atoms with van der Waals surface area (Å²) in [7, 11) is 0. The van der Waals surface area contributed by atoms with E-state index in [0.29, 0.717) is 6.47 Å². The molecular formula is C9H16O2. The lowest BCUT2D eigenvalue weighted by atomic mass is 10.1. The van der Waals surface area contributed by atoms with Crippen molar-refractivity contribution >= 4 is 6.47 Å². The zero-order chi connectivity index (χ0) is 8.53. The third-order valence-corrected chi connectivity index (χ3v) is 1.60. The Balaban J connectivity index is 3.63. The van der Waals surface area contributed by atoms with Crippen LogP contribution in [0.1, 0.15) is 39.5 Å². The van der Waals surface area contributed by atoms with Crippen LogP contribution < -0.4 is 0 Å². The summed E-state index contributed by atoms with van der Waals surface area (Å²) in [6.45, 7) is 4.67. The Labute approximate surface area is 68.2 Å². The number of unbranched alkanes of at least 4 members (excludes halogenated alkanes) is 1. The molecule has 0 spiro atoms. The number of hydrogen-bond donors (Lipinski definition) is 0. The highest BCUT2D eigenvalue weighted by Gasteiger charge is 1.93. The summed E-state index contributed by atoms with van der Waals surface area (Å²) < 4.78 is 4.54. The quantitative estimate of drug-likeness (QED) is 0.436. The highest BCUT2D eigenvalue weighted by molar-refractivity contribution is 5.38. The van der Waals surface area contributed by atoms with Gasteiger partial charge < -0.3 is 4.74 Å². The molecule has 0 aromatic carbocycles. The van der Waals surface area contributed by atoms with E-state index in [1.165, 1.54) is 18.4 Å². The summed E-state index contributed by atoms with van der Waals surface area (Å²) in [6, 6.07) is 0. The van der Waals surface area contributed by atoms with Crippen molar-refractivity contribution < 1.29 is 9.53 Å². The summed E-state index contributed by atoms with van der Waals surface area (Å²) in [5.74, 6) is 0. The predicted molar refractivity (Wildman–Crippen MR) is 45.0 cm³/mol. The fourth-order valence-corrected chi connectivity index (χ4v) is 0.847. The molecule has 0 rings (SSSR count). The van der Waals surface area contributed by atoms with Gasteiger partial charge in [-0.05, 0) is 24.8 Å². The van der Waals surface area contributed by atoms with Gasteiger partial charge in [-0.1, -0.05) is 20.3 Å². The second-order valence-electron chi connectivity index (χ2n) is 2.47. The van der Waals surface area contributed by atoms with Gasteiger partial charge in [-0.25, -0.2) is 0 Å². The molecule has 0 aliphatic rings. The van der Waals surface area contributed by atoms with E-state index in [2.05, 4.69) is 18.6 Å². The van der Waals surface area contributed by atoms with Crippen molar-refractivity contribution in [2.24, 2.45) is 0 Å². The highest BCUT2D eigenvalue weighted by Crippen LogP contribution is 2.10. The molecule has 0 amide bonds. The Bertz CT molecular complexity index is 128. The van der Waals surface area contributed by atoms with Crippen LogP contribution in [-0.2, 0) is 9.53 Å². The predicted octanol–water partition coefficient (Wildman–Crippen LogP) is 2.64. The molecular weight excluding hydrogens is 140 g/mol. The highest BCUT2D eigenvalue weighted by atomic mass is 16.5. The van der Waals surface area contributed by atoms with Crippen molar-refractivity contribution in [3.63, 3.8) is 0 Å². The molecule has 0 atom stereocenters. The SMILES string of the molecule is CCCC/C(=C/OC=O)CC. The topological polar surface area (TPSA) is 26.3 Å². The zero-order valence-corrected chi connectivity index (χ0v) is 7.30. The second-order valence-corrected chi connectivity index (χ2v) is 2.47. The summed E-state index contributed by atoms with van der Waals surface area (Å²) in [6.07, 6.45) is 5.91. The standard InChI is InChI=1S/C9H16O2/c1-3-5-6-9(4-2)7-11-8-10/h7-8H,3-6H2,1-2H3/b9-7+. The Morgan fingerprint density at radius 2 is 2.18 bits per heavy atom. The largest absolute Gasteiger partial charge is 0.437 e. The number of carbonyl (C=O) groups excluding carboxylic acids is 1. The molecule has 0 aliphatic heterocycles. The first-order valence-electron chi connectivity index (χ1n) is 4.12. The van der Waals surface area contributed by atoms with Crippen LogP contribution in [0.3, 0.4) is 0 Å². The molecule has 0 heterocycles. The van der Waals surface area contributed by atoms with E-state index in [1.54, 1.807) is 6.26 Å². The van der Waals surface area contributed by atoms with Gasteiger partial charge in [0.25, 0.3) is 6.47 Å². The van der Waals surface area contributed by atoms with E-state index in [0.717, 1.165) is 12.8 Å². The summed E-state index contributed by atoms with van der Waals surface area (Å²) in [5, 5.41) is 0. The minimum absolute atomic E-state index is 0.460. The fourth-order valence-electron chi connectivity index (χ4n) is 0.847. The van der Waals surface area contributed by atoms with E-state index < -0.39 is 0 Å². The molecule has 0 saturated heterocycles. The van der Waals surface area contributed by atoms with E-state index in [9.17, 15) is 4.79 Å². The number of carbonyl (C=O) groups is 1. The zero-order valence-electron chi connectivity index (χ0n) is 7.30. The molecule has 0 radical (unpaired) electrons. The third-order valence-electron chi connectivity index (χ3n) is 1.60. The maximum atomic E-state index is 9.83. The van der Waals surface area contributed by atoms with Crippen LogP contribution in [0.2, 0.25) is 0 Å². The molecule has 0 aromatic rings. The number of rotatable bonds is 6. The minimum atomic E-state index is 0.460. The molecule has 11 heavy (non-hydrogen) atoms. The normalized spacial score (nSPS) is 11.3. The van der Waals surface area contributed by atoms with Crippen molar-refractivity contribution in [3.05, 3.63) is 11.8 Å². The first-order valence-corrected chi connectivity index (χ1v) is 4.12. The Morgan fingerprint density at radius 1 is 1.45 bits per heavy atom. The molecule has 0 unspecified atom stereocenters. The van der Waals surface area contributed by atoms with E-state index in [4.69, 9.17) is 0 Å². The van der Waals surface area contributed by atoms with Gasteiger partial charge in [0.05, 0.1) is 6.26 Å². The average Bonchev–Trinajstić information content (AvgIpc) is 2.05. The first-order chi connectivity index (χ1) is 5.35. The maximum absolute atomic E-state index is 9.83. The summed E-state index contributed by atoms with van der Waals surface area (Å²) >= 11 is 0. The van der Waals surface area contributed by atoms with Crippen molar-refractivity contribution in [1.29, 1.82) is 0 Å². The van der Waals surface area contributed by atoms with Crippen molar-refractivity contribution in [2.45, 2.75) is 39.5 Å². The van der Waals surface area contributed by atoms with Crippen molar-refractivity contribution in [2.75, 3.05) is 0 Å². The molecule has 2 nitrogen and oxygen atoms in total. The monoisotopic (exact) mass is 156 g/mol. The second kappa shape index (κ2) is 7.32. The van der Waals surface area contributed by atoms with E-state index >= 15 is 0 Å². The van der Waals surface area contributed by atoms with Gasteiger partial charge in [0.1, 0.15) is 0 Å². The van der Waals surface area contributed by atoms with Crippen LogP contribution >= 0.6 is 0 Å². The minimum Gasteiger partial charge on any atom is -0.437 e. The van der Waals surface area contributed by atoms with E-state index in [-0.39, 0.29) is 0 Å². The van der Waals surface area contributed by atoms with E-state index in [1.807, 2.05) is 0 Å². The van der Waals surface area contributed by atoms with Gasteiger partial charge >= 0.3 is 0 Å². The van der Waals surface area contributed by atoms with Gasteiger partial charge in [-0.15, -0.1) is 0 Å². The molecule has 0 fully saturated rings. The van der Waals surface area contributed by atoms with Gasteiger partial charge in [0, 0.05) is 0 Å². The lowest BCUT2D eigenvalue weighted by Crippen LogP contribution is -1.84. The van der Waals surface area contributed by atoms with Crippen LogP contribution in [0.15, 0.2) is 11.8 Å². The average molecular weight is 156 g/mol. The van der Waals surface area contributed by atoms with Crippen LogP contribution in [0.25, 0.3) is 0 Å². The molecule has 2 heteroatoms. The van der Waals surface area contributed by atoms with Crippen LogP contribution in [0.5, 0.6) is 0 Å². The Morgan fingerprint density at radius 3 is 2.64 bits per heavy atom. The molecule has 0 N–H and O–H groups in total. The van der Waals surface area contributed by atoms with Crippen LogP contribution in [-0.4, -0.2) is 6.47 Å². The molecule has 0 bridgehead atoms. The van der Waals surface area contributed by atoms with Gasteiger partial charge in [-0.3, -0.25) is 4.79 Å². The fraction of sp³-hybridized carbons (Fsp3) is 0.667. The third kappa shape index (κ3) is 5.64. The van der Waals surface area contributed by atoms with Gasteiger partial charge in [-0.2, -0.15) is 0 Å². The van der Waals surface area contributed by atoms with Crippen molar-refractivity contribution in [1.82, 2.24) is 0 Å². The maximum Gasteiger partial charge on any atom is 0.297 e. The van der Waals surface area contributed by atoms with Gasteiger partial charge in [0.15, 0.2) is 0 Å². The smallest absolute Gasteiger partial charge is 0.297 e. The summed E-state index contributed by atoms with van der Waals surface area (Å²) in [5.41, 5.74) is 1.21. The van der Waals surface area contributed by atoms with Crippen molar-refractivity contribution in [3.8, 4) is 0 Å². The molecule has 0 aliphatic carbocycles. The molecule has 0 aromatic heterocycles. The molecule has 64 valence electrons. The molecule has 0 saturated carbocycles.